The molecule has 128 valence electrons. The fourth-order valence-corrected chi connectivity index (χ4v) is 2.58. The van der Waals surface area contributed by atoms with E-state index in [0.717, 1.165) is 4.57 Å². The molecule has 1 aromatic carbocycles. The molecule has 0 aliphatic heterocycles. The molecule has 0 saturated carbocycles. The number of hydrogen-bond donors (Lipinski definition) is 0. The van der Waals surface area contributed by atoms with Crippen LogP contribution in [0.3, 0.4) is 0 Å². The Morgan fingerprint density at radius 3 is 2.64 bits per heavy atom. The average Bonchev–Trinajstić information content (AvgIpc) is 3.04. The maximum absolute atomic E-state index is 13.8. The van der Waals surface area contributed by atoms with E-state index in [1.165, 1.54) is 23.9 Å². The van der Waals surface area contributed by atoms with Gasteiger partial charge in [0, 0.05) is 30.4 Å². The van der Waals surface area contributed by atoms with E-state index in [1.807, 2.05) is 6.92 Å². The minimum atomic E-state index is -0.425. The summed E-state index contributed by atoms with van der Waals surface area (Å²) in [6.45, 7) is 3.37. The van der Waals surface area contributed by atoms with Crippen LogP contribution in [-0.2, 0) is 13.0 Å². The predicted octanol–water partition coefficient (Wildman–Crippen LogP) is 2.52. The Labute approximate surface area is 143 Å². The van der Waals surface area contributed by atoms with Gasteiger partial charge in [0.1, 0.15) is 11.5 Å². The Hall–Kier alpha value is -3.09. The second kappa shape index (κ2) is 6.80. The van der Waals surface area contributed by atoms with Crippen molar-refractivity contribution in [1.29, 1.82) is 0 Å². The van der Waals surface area contributed by atoms with Crippen molar-refractivity contribution in [2.24, 2.45) is 0 Å². The van der Waals surface area contributed by atoms with Gasteiger partial charge in [-0.25, -0.2) is 13.9 Å². The van der Waals surface area contributed by atoms with Gasteiger partial charge in [-0.1, -0.05) is 25.1 Å². The average molecular weight is 340 g/mol. The van der Waals surface area contributed by atoms with E-state index >= 15 is 0 Å². The quantitative estimate of drug-likeness (QED) is 0.732. The largest absolute Gasteiger partial charge is 0.274 e. The van der Waals surface area contributed by atoms with E-state index in [-0.39, 0.29) is 23.7 Å². The van der Waals surface area contributed by atoms with Crippen molar-refractivity contribution in [2.75, 3.05) is 0 Å². The molecule has 25 heavy (non-hydrogen) atoms. The van der Waals surface area contributed by atoms with Crippen LogP contribution in [0.2, 0.25) is 0 Å². The fraction of sp³-hybridized carbons (Fsp3) is 0.222. The highest BCUT2D eigenvalue weighted by atomic mass is 19.1. The summed E-state index contributed by atoms with van der Waals surface area (Å²) in [6, 6.07) is 8.09. The van der Waals surface area contributed by atoms with Crippen molar-refractivity contribution < 1.29 is 9.18 Å². The maximum atomic E-state index is 13.8. The number of carbonyl (C=O) groups excluding carboxylic acids is 1. The minimum absolute atomic E-state index is 0.182. The van der Waals surface area contributed by atoms with Crippen molar-refractivity contribution in [1.82, 2.24) is 19.3 Å². The van der Waals surface area contributed by atoms with Gasteiger partial charge in [0.25, 0.3) is 5.56 Å². The summed E-state index contributed by atoms with van der Waals surface area (Å²) in [5.41, 5.74) is 0.954. The van der Waals surface area contributed by atoms with E-state index in [9.17, 15) is 14.0 Å². The number of aryl methyl sites for hydroxylation is 1. The standard InChI is InChI=1S/C18H17FN4O2/c1-3-13-10-20-17(23(12(2)24)18(13)25)16-8-9-22(21-16)11-14-6-4-5-7-15(14)19/h4-10H,3,11H2,1-2H3. The Morgan fingerprint density at radius 1 is 1.20 bits per heavy atom. The number of carbonyl (C=O) groups is 1. The van der Waals surface area contributed by atoms with Crippen molar-refractivity contribution in [3.8, 4) is 11.5 Å². The van der Waals surface area contributed by atoms with Crippen LogP contribution in [0.15, 0.2) is 47.5 Å². The van der Waals surface area contributed by atoms with Gasteiger partial charge in [-0.2, -0.15) is 5.10 Å². The van der Waals surface area contributed by atoms with Gasteiger partial charge in [-0.05, 0) is 18.6 Å². The molecule has 2 heterocycles. The van der Waals surface area contributed by atoms with Crippen molar-refractivity contribution >= 4 is 5.91 Å². The molecule has 0 fully saturated rings. The smallest absolute Gasteiger partial charge is 0.263 e. The second-order valence-electron chi connectivity index (χ2n) is 5.61. The summed E-state index contributed by atoms with van der Waals surface area (Å²) in [7, 11) is 0. The third-order valence-electron chi connectivity index (χ3n) is 3.89. The molecule has 0 saturated heterocycles. The SMILES string of the molecule is CCc1cnc(-c2ccn(Cc3ccccc3F)n2)n(C(C)=O)c1=O. The highest BCUT2D eigenvalue weighted by Gasteiger charge is 2.16. The van der Waals surface area contributed by atoms with Crippen LogP contribution in [0.25, 0.3) is 11.5 Å². The molecular formula is C18H17FN4O2. The lowest BCUT2D eigenvalue weighted by Gasteiger charge is -2.08. The number of benzene rings is 1. The summed E-state index contributed by atoms with van der Waals surface area (Å²) in [5.74, 6) is -0.556. The predicted molar refractivity (Wildman–Crippen MR) is 90.9 cm³/mol. The first-order chi connectivity index (χ1) is 12.0. The van der Waals surface area contributed by atoms with Crippen LogP contribution in [-0.4, -0.2) is 25.2 Å². The third-order valence-corrected chi connectivity index (χ3v) is 3.89. The lowest BCUT2D eigenvalue weighted by molar-refractivity contribution is 0.0932. The molecule has 7 heteroatoms. The van der Waals surface area contributed by atoms with Gasteiger partial charge in [0.2, 0.25) is 5.91 Å². The zero-order valence-corrected chi connectivity index (χ0v) is 13.9. The Morgan fingerprint density at radius 2 is 1.96 bits per heavy atom. The lowest BCUT2D eigenvalue weighted by Crippen LogP contribution is -2.30. The molecule has 0 unspecified atom stereocenters. The summed E-state index contributed by atoms with van der Waals surface area (Å²) in [5, 5.41) is 4.33. The number of halogens is 1. The zero-order chi connectivity index (χ0) is 18.0. The molecule has 3 rings (SSSR count). The van der Waals surface area contributed by atoms with Crippen molar-refractivity contribution in [3.63, 3.8) is 0 Å². The van der Waals surface area contributed by atoms with Gasteiger partial charge in [0.05, 0.1) is 6.54 Å². The van der Waals surface area contributed by atoms with E-state index in [0.29, 0.717) is 23.2 Å². The first kappa shape index (κ1) is 16.8. The van der Waals surface area contributed by atoms with E-state index in [1.54, 1.807) is 30.5 Å². The van der Waals surface area contributed by atoms with Gasteiger partial charge < -0.3 is 0 Å². The molecule has 0 amide bonds. The van der Waals surface area contributed by atoms with Gasteiger partial charge >= 0.3 is 0 Å². The molecule has 2 aromatic heterocycles. The second-order valence-corrected chi connectivity index (χ2v) is 5.61. The fourth-order valence-electron chi connectivity index (χ4n) is 2.58. The molecule has 0 aliphatic carbocycles. The highest BCUT2D eigenvalue weighted by molar-refractivity contribution is 5.80. The molecule has 0 bridgehead atoms. The molecule has 0 spiro atoms. The van der Waals surface area contributed by atoms with Crippen LogP contribution < -0.4 is 5.56 Å². The third kappa shape index (κ3) is 3.26. The molecular weight excluding hydrogens is 323 g/mol. The van der Waals surface area contributed by atoms with E-state index in [4.69, 9.17) is 0 Å². The monoisotopic (exact) mass is 340 g/mol. The lowest BCUT2D eigenvalue weighted by atomic mass is 10.2. The van der Waals surface area contributed by atoms with Crippen LogP contribution in [0.5, 0.6) is 0 Å². The summed E-state index contributed by atoms with van der Waals surface area (Å²) in [6.07, 6.45) is 3.61. The summed E-state index contributed by atoms with van der Waals surface area (Å²) in [4.78, 5) is 28.5. The van der Waals surface area contributed by atoms with Crippen LogP contribution in [0, 0.1) is 5.82 Å². The Kier molecular flexibility index (Phi) is 4.56. The first-order valence-corrected chi connectivity index (χ1v) is 7.90. The number of aromatic nitrogens is 4. The molecule has 3 aromatic rings. The van der Waals surface area contributed by atoms with Gasteiger partial charge in [-0.15, -0.1) is 0 Å². The zero-order valence-electron chi connectivity index (χ0n) is 13.9. The Bertz CT molecular complexity index is 991. The molecule has 0 atom stereocenters. The number of nitrogens with zero attached hydrogens (tertiary/aromatic N) is 4. The Balaban J connectivity index is 2.00. The van der Waals surface area contributed by atoms with E-state index in [2.05, 4.69) is 10.1 Å². The van der Waals surface area contributed by atoms with Gasteiger partial charge in [0.15, 0.2) is 5.82 Å². The van der Waals surface area contributed by atoms with Crippen LogP contribution >= 0.6 is 0 Å². The first-order valence-electron chi connectivity index (χ1n) is 7.90. The molecule has 6 nitrogen and oxygen atoms in total. The summed E-state index contributed by atoms with van der Waals surface area (Å²) >= 11 is 0. The van der Waals surface area contributed by atoms with Crippen molar-refractivity contribution in [2.45, 2.75) is 26.8 Å². The number of hydrogen-bond acceptors (Lipinski definition) is 4. The van der Waals surface area contributed by atoms with Crippen molar-refractivity contribution in [3.05, 3.63) is 70.0 Å². The van der Waals surface area contributed by atoms with Crippen LogP contribution in [0.1, 0.15) is 29.8 Å². The van der Waals surface area contributed by atoms with Crippen LogP contribution in [0.4, 0.5) is 4.39 Å². The molecule has 0 N–H and O–H groups in total. The number of rotatable bonds is 4. The molecule has 0 radical (unpaired) electrons. The maximum Gasteiger partial charge on any atom is 0.263 e. The normalized spacial score (nSPS) is 10.8. The minimum Gasteiger partial charge on any atom is -0.274 e. The van der Waals surface area contributed by atoms with Gasteiger partial charge in [-0.3, -0.25) is 14.3 Å². The van der Waals surface area contributed by atoms with E-state index < -0.39 is 5.91 Å². The summed E-state index contributed by atoms with van der Waals surface area (Å²) < 4.78 is 16.3. The molecule has 0 aliphatic rings. The highest BCUT2D eigenvalue weighted by Crippen LogP contribution is 2.15. The topological polar surface area (TPSA) is 69.8 Å².